The Kier molecular flexibility index (Phi) is 4.44. The number of ketones is 1. The van der Waals surface area contributed by atoms with Crippen LogP contribution in [-0.2, 0) is 6.42 Å². The van der Waals surface area contributed by atoms with Crippen molar-refractivity contribution in [2.75, 3.05) is 16.8 Å². The molecule has 3 nitrogen and oxygen atoms in total. The maximum absolute atomic E-state index is 11.3. The first-order valence-corrected chi connectivity index (χ1v) is 8.24. The third-order valence-corrected chi connectivity index (χ3v) is 4.46. The van der Waals surface area contributed by atoms with Gasteiger partial charge in [0.15, 0.2) is 10.9 Å². The van der Waals surface area contributed by atoms with Crippen LogP contribution in [0.25, 0.3) is 0 Å². The van der Waals surface area contributed by atoms with Crippen molar-refractivity contribution in [1.82, 2.24) is 0 Å². The molecule has 0 aliphatic carbocycles. The molecule has 1 aliphatic heterocycles. The van der Waals surface area contributed by atoms with Crippen LogP contribution in [0, 0.1) is 6.92 Å². The van der Waals surface area contributed by atoms with Gasteiger partial charge < -0.3 is 10.2 Å². The summed E-state index contributed by atoms with van der Waals surface area (Å²) in [5, 5.41) is 3.98. The van der Waals surface area contributed by atoms with Crippen LogP contribution in [0.1, 0.15) is 34.8 Å². The number of carbonyl (C=O) groups is 1. The predicted octanol–water partition coefficient (Wildman–Crippen LogP) is 4.35. The van der Waals surface area contributed by atoms with Crippen molar-refractivity contribution in [1.29, 1.82) is 0 Å². The molecule has 0 spiro atoms. The molecule has 0 saturated carbocycles. The Morgan fingerprint density at radius 1 is 1.17 bits per heavy atom. The second-order valence-electron chi connectivity index (χ2n) is 5.95. The van der Waals surface area contributed by atoms with Gasteiger partial charge in [-0.05, 0) is 74.8 Å². The predicted molar refractivity (Wildman–Crippen MR) is 99.5 cm³/mol. The fraction of sp³-hybridized carbons (Fsp3) is 0.263. The highest BCUT2D eigenvalue weighted by Crippen LogP contribution is 2.28. The van der Waals surface area contributed by atoms with Gasteiger partial charge in [0.1, 0.15) is 0 Å². The normalized spacial score (nSPS) is 13.4. The van der Waals surface area contributed by atoms with Crippen molar-refractivity contribution in [3.05, 3.63) is 59.2 Å². The number of hydrogen-bond donors (Lipinski definition) is 1. The van der Waals surface area contributed by atoms with E-state index >= 15 is 0 Å². The van der Waals surface area contributed by atoms with Gasteiger partial charge in [0.2, 0.25) is 0 Å². The summed E-state index contributed by atoms with van der Waals surface area (Å²) in [6, 6.07) is 13.9. The fourth-order valence-electron chi connectivity index (χ4n) is 2.92. The van der Waals surface area contributed by atoms with E-state index in [9.17, 15) is 4.79 Å². The number of benzene rings is 2. The largest absolute Gasteiger partial charge is 0.332 e. The average Bonchev–Trinajstić information content (AvgIpc) is 2.54. The molecular formula is C19H20N2OS. The number of rotatable bonds is 2. The van der Waals surface area contributed by atoms with Crippen LogP contribution < -0.4 is 10.2 Å². The Bertz CT molecular complexity index is 752. The molecule has 118 valence electrons. The van der Waals surface area contributed by atoms with Gasteiger partial charge in [-0.15, -0.1) is 0 Å². The van der Waals surface area contributed by atoms with Crippen molar-refractivity contribution in [2.45, 2.75) is 26.7 Å². The molecule has 0 fully saturated rings. The van der Waals surface area contributed by atoms with Crippen molar-refractivity contribution in [3.63, 3.8) is 0 Å². The van der Waals surface area contributed by atoms with E-state index in [1.165, 1.54) is 16.8 Å². The number of Topliss-reactive ketones (excluding diaryl/α,β-unsaturated/α-hetero) is 1. The second-order valence-corrected chi connectivity index (χ2v) is 6.34. The number of hydrogen-bond acceptors (Lipinski definition) is 2. The molecule has 0 saturated heterocycles. The molecule has 1 aliphatic rings. The summed E-state index contributed by atoms with van der Waals surface area (Å²) in [6.45, 7) is 4.61. The van der Waals surface area contributed by atoms with Crippen molar-refractivity contribution in [3.8, 4) is 0 Å². The van der Waals surface area contributed by atoms with Gasteiger partial charge in [-0.3, -0.25) is 4.79 Å². The topological polar surface area (TPSA) is 32.3 Å². The summed E-state index contributed by atoms with van der Waals surface area (Å²) < 4.78 is 0. The maximum atomic E-state index is 11.3. The molecule has 2 aromatic carbocycles. The van der Waals surface area contributed by atoms with Crippen molar-refractivity contribution in [2.24, 2.45) is 0 Å². The first-order chi connectivity index (χ1) is 11.0. The fourth-order valence-corrected chi connectivity index (χ4v) is 3.22. The second kappa shape index (κ2) is 6.50. The summed E-state index contributed by atoms with van der Waals surface area (Å²) in [5.74, 6) is 0.0689. The lowest BCUT2D eigenvalue weighted by molar-refractivity contribution is 0.101. The Morgan fingerprint density at radius 2 is 1.91 bits per heavy atom. The quantitative estimate of drug-likeness (QED) is 0.657. The minimum absolute atomic E-state index is 0.0689. The highest BCUT2D eigenvalue weighted by atomic mass is 32.1. The van der Waals surface area contributed by atoms with Gasteiger partial charge in [-0.1, -0.05) is 17.7 Å². The Hall–Kier alpha value is -2.20. The number of nitrogens with zero attached hydrogens (tertiary/aromatic N) is 1. The minimum atomic E-state index is 0.0689. The van der Waals surface area contributed by atoms with Crippen molar-refractivity contribution < 1.29 is 4.79 Å². The van der Waals surface area contributed by atoms with Crippen LogP contribution in [0.3, 0.4) is 0 Å². The summed E-state index contributed by atoms with van der Waals surface area (Å²) in [7, 11) is 0. The molecule has 4 heteroatoms. The number of nitrogens with one attached hydrogen (secondary N) is 1. The number of aryl methyl sites for hydroxylation is 2. The molecule has 2 aromatic rings. The van der Waals surface area contributed by atoms with E-state index in [-0.39, 0.29) is 5.78 Å². The average molecular weight is 324 g/mol. The zero-order valence-electron chi connectivity index (χ0n) is 13.4. The molecule has 1 N–H and O–H groups in total. The summed E-state index contributed by atoms with van der Waals surface area (Å²) >= 11 is 5.60. The van der Waals surface area contributed by atoms with Crippen LogP contribution in [0.5, 0.6) is 0 Å². The van der Waals surface area contributed by atoms with E-state index in [1.807, 2.05) is 24.3 Å². The lowest BCUT2D eigenvalue weighted by Crippen LogP contribution is -2.38. The molecule has 23 heavy (non-hydrogen) atoms. The number of anilines is 2. The van der Waals surface area contributed by atoms with Gasteiger partial charge in [-0.25, -0.2) is 0 Å². The molecule has 0 unspecified atom stereocenters. The number of carbonyl (C=O) groups excluding carboxylic acids is 1. The van der Waals surface area contributed by atoms with Crippen LogP contribution in [-0.4, -0.2) is 17.4 Å². The van der Waals surface area contributed by atoms with Crippen LogP contribution in [0.2, 0.25) is 0 Å². The van der Waals surface area contributed by atoms with E-state index < -0.39 is 0 Å². The summed E-state index contributed by atoms with van der Waals surface area (Å²) in [6.07, 6.45) is 2.20. The molecular weight excluding hydrogens is 304 g/mol. The third kappa shape index (κ3) is 3.42. The van der Waals surface area contributed by atoms with Crippen molar-refractivity contribution >= 4 is 34.5 Å². The van der Waals surface area contributed by atoms with Gasteiger partial charge in [0.05, 0.1) is 0 Å². The van der Waals surface area contributed by atoms with E-state index in [0.717, 1.165) is 25.1 Å². The molecule has 0 bridgehead atoms. The van der Waals surface area contributed by atoms with E-state index in [1.54, 1.807) is 6.92 Å². The SMILES string of the molecule is CC(=O)c1ccc(NC(=S)N2CCCc3cc(C)ccc32)cc1. The highest BCUT2D eigenvalue weighted by Gasteiger charge is 2.20. The molecule has 0 amide bonds. The first kappa shape index (κ1) is 15.7. The smallest absolute Gasteiger partial charge is 0.177 e. The lowest BCUT2D eigenvalue weighted by Gasteiger charge is -2.32. The highest BCUT2D eigenvalue weighted by molar-refractivity contribution is 7.80. The van der Waals surface area contributed by atoms with Crippen LogP contribution in [0.4, 0.5) is 11.4 Å². The number of fused-ring (bicyclic) bond motifs is 1. The van der Waals surface area contributed by atoms with E-state index in [4.69, 9.17) is 12.2 Å². The lowest BCUT2D eigenvalue weighted by atomic mass is 10.00. The van der Waals surface area contributed by atoms with Gasteiger partial charge >= 0.3 is 0 Å². The minimum Gasteiger partial charge on any atom is -0.332 e. The van der Waals surface area contributed by atoms with Gasteiger partial charge in [0, 0.05) is 23.5 Å². The van der Waals surface area contributed by atoms with Gasteiger partial charge in [0.25, 0.3) is 0 Å². The summed E-state index contributed by atoms with van der Waals surface area (Å²) in [5.41, 5.74) is 5.44. The molecule has 0 atom stereocenters. The Morgan fingerprint density at radius 3 is 2.61 bits per heavy atom. The van der Waals surface area contributed by atoms with Gasteiger partial charge in [-0.2, -0.15) is 0 Å². The van der Waals surface area contributed by atoms with E-state index in [0.29, 0.717) is 10.7 Å². The van der Waals surface area contributed by atoms with Crippen LogP contribution in [0.15, 0.2) is 42.5 Å². The Labute approximate surface area is 142 Å². The van der Waals surface area contributed by atoms with E-state index in [2.05, 4.69) is 35.3 Å². The third-order valence-electron chi connectivity index (χ3n) is 4.14. The first-order valence-electron chi connectivity index (χ1n) is 7.83. The summed E-state index contributed by atoms with van der Waals surface area (Å²) in [4.78, 5) is 13.5. The zero-order chi connectivity index (χ0) is 16.4. The molecule has 0 radical (unpaired) electrons. The molecule has 1 heterocycles. The monoisotopic (exact) mass is 324 g/mol. The number of thiocarbonyl (C=S) groups is 1. The Balaban J connectivity index is 1.78. The van der Waals surface area contributed by atoms with Crippen LogP contribution >= 0.6 is 12.2 Å². The molecule has 3 rings (SSSR count). The molecule has 0 aromatic heterocycles. The standard InChI is InChI=1S/C19H20N2OS/c1-13-5-10-18-16(12-13)4-3-11-21(18)19(23)20-17-8-6-15(7-9-17)14(2)22/h5-10,12H,3-4,11H2,1-2H3,(H,20,23). The maximum Gasteiger partial charge on any atom is 0.177 e. The zero-order valence-corrected chi connectivity index (χ0v) is 14.2.